The van der Waals surface area contributed by atoms with E-state index in [2.05, 4.69) is 52.5 Å². The monoisotopic (exact) mass is 840 g/mol. The van der Waals surface area contributed by atoms with Crippen LogP contribution in [0, 0.1) is 6.57 Å². The highest BCUT2D eigenvalue weighted by Gasteiger charge is 2.51. The Labute approximate surface area is 351 Å². The molecule has 0 spiro atoms. The molecule has 2 N–H and O–H groups in total. The van der Waals surface area contributed by atoms with E-state index in [1.807, 2.05) is 78.9 Å². The number of hydrogen-bond acceptors (Lipinski definition) is 11. The summed E-state index contributed by atoms with van der Waals surface area (Å²) in [4.78, 5) is 35.9. The Morgan fingerprint density at radius 3 is 2.08 bits per heavy atom. The number of aromatic nitrogens is 3. The number of imidazole rings is 1. The van der Waals surface area contributed by atoms with Gasteiger partial charge in [-0.3, -0.25) is 9.59 Å². The number of aromatic amines is 1. The Balaban J connectivity index is 1.50. The van der Waals surface area contributed by atoms with Gasteiger partial charge in [0.05, 0.1) is 32.7 Å². The largest absolute Gasteiger partial charge is 0.497 e. The molecule has 318 valence electrons. The smallest absolute Gasteiger partial charge is 0.277 e. The minimum atomic E-state index is -1.78. The summed E-state index contributed by atoms with van der Waals surface area (Å²) in [5.41, 5.74) is 1.41. The minimum Gasteiger partial charge on any atom is -0.497 e. The maximum atomic E-state index is 13.2. The first-order chi connectivity index (χ1) is 28.9. The third-order valence-corrected chi connectivity index (χ3v) is 12.3. The zero-order valence-corrected chi connectivity index (χ0v) is 36.1. The van der Waals surface area contributed by atoms with E-state index in [-0.39, 0.29) is 49.1 Å². The lowest BCUT2D eigenvalue weighted by atomic mass is 9.80. The molecule has 15 nitrogen and oxygen atoms in total. The highest BCUT2D eigenvalue weighted by Crippen LogP contribution is 2.51. The predicted octanol–water partition coefficient (Wildman–Crippen LogP) is 7.29. The van der Waals surface area contributed by atoms with Gasteiger partial charge in [0.15, 0.2) is 11.7 Å². The van der Waals surface area contributed by atoms with Crippen LogP contribution in [0.4, 0.5) is 5.82 Å². The summed E-state index contributed by atoms with van der Waals surface area (Å²) in [5.74, 6) is 1.23. The van der Waals surface area contributed by atoms with Crippen molar-refractivity contribution >= 4 is 31.3 Å². The quantitative estimate of drug-likeness (QED) is 0.0373. The van der Waals surface area contributed by atoms with Crippen molar-refractivity contribution in [2.45, 2.75) is 76.8 Å². The van der Waals surface area contributed by atoms with Crippen molar-refractivity contribution in [3.05, 3.63) is 130 Å². The molecule has 60 heavy (non-hydrogen) atoms. The lowest BCUT2D eigenvalue weighted by molar-refractivity contribution is -0.114. The van der Waals surface area contributed by atoms with Crippen molar-refractivity contribution in [3.8, 4) is 11.5 Å². The molecule has 2 unspecified atom stereocenters. The number of pyridine rings is 1. The number of ether oxygens (including phenoxy) is 5. The summed E-state index contributed by atoms with van der Waals surface area (Å²) >= 11 is 0. The number of nitrogens with zero attached hydrogens (tertiary/aromatic N) is 4. The molecule has 1 aliphatic heterocycles. The van der Waals surface area contributed by atoms with E-state index in [0.717, 1.165) is 16.7 Å². The van der Waals surface area contributed by atoms with Crippen LogP contribution in [0.5, 0.6) is 11.5 Å². The van der Waals surface area contributed by atoms with Crippen molar-refractivity contribution in [2.75, 3.05) is 46.4 Å². The van der Waals surface area contributed by atoms with Crippen LogP contribution < -0.4 is 20.3 Å². The fraction of sp³-hybridized carbons (Fsp3) is 0.409. The van der Waals surface area contributed by atoms with E-state index in [1.54, 1.807) is 32.0 Å². The van der Waals surface area contributed by atoms with Crippen LogP contribution in [0.2, 0.25) is 0 Å². The fourth-order valence-corrected chi connectivity index (χ4v) is 9.38. The Bertz CT molecular complexity index is 2220. The zero-order chi connectivity index (χ0) is 43.0. The van der Waals surface area contributed by atoms with Gasteiger partial charge in [-0.05, 0) is 68.7 Å². The first-order valence-electron chi connectivity index (χ1n) is 19.7. The molecule has 16 heteroatoms. The minimum absolute atomic E-state index is 0.0188. The average Bonchev–Trinajstić information content (AvgIpc) is 3.82. The van der Waals surface area contributed by atoms with Crippen LogP contribution >= 0.6 is 8.53 Å². The van der Waals surface area contributed by atoms with Crippen LogP contribution in [0.25, 0.3) is 15.9 Å². The van der Waals surface area contributed by atoms with Gasteiger partial charge in [-0.2, -0.15) is 0 Å². The molecule has 2 aromatic heterocycles. The summed E-state index contributed by atoms with van der Waals surface area (Å²) in [6.45, 7) is 17.4. The predicted molar refractivity (Wildman–Crippen MR) is 229 cm³/mol. The van der Waals surface area contributed by atoms with Crippen LogP contribution in [0.1, 0.15) is 57.5 Å². The van der Waals surface area contributed by atoms with Crippen molar-refractivity contribution in [2.24, 2.45) is 0 Å². The van der Waals surface area contributed by atoms with Gasteiger partial charge in [-0.25, -0.2) is 16.2 Å². The Hall–Kier alpha value is -5.17. The van der Waals surface area contributed by atoms with Crippen LogP contribution in [0.15, 0.2) is 96.1 Å². The van der Waals surface area contributed by atoms with Gasteiger partial charge >= 0.3 is 0 Å². The van der Waals surface area contributed by atoms with Gasteiger partial charge in [0.1, 0.15) is 47.8 Å². The molecule has 6 rings (SSSR count). The van der Waals surface area contributed by atoms with E-state index < -0.39 is 44.2 Å². The SMILES string of the molecule is [C-]#[N+]CCOP(OC1[C@@H](COC(c2ccccc2)(c2ccc(OC)cc2)c2ccc(OC)cc2)O[C@@H](n2cnc3c(=O)[nH]c(NC(C)=O)cc32)[C@H]1OC)N(C(C)C)C(C)C. The molecule has 1 aliphatic rings. The average molecular weight is 841 g/mol. The highest BCUT2D eigenvalue weighted by atomic mass is 31.2. The number of carbonyl (C=O) groups is 1. The molecule has 3 heterocycles. The molecule has 1 saturated heterocycles. The van der Waals surface area contributed by atoms with E-state index in [0.29, 0.717) is 17.0 Å². The summed E-state index contributed by atoms with van der Waals surface area (Å²) in [5, 5.41) is 2.66. The Morgan fingerprint density at radius 2 is 1.55 bits per heavy atom. The van der Waals surface area contributed by atoms with Crippen molar-refractivity contribution in [1.29, 1.82) is 0 Å². The number of anilines is 1. The summed E-state index contributed by atoms with van der Waals surface area (Å²) < 4.78 is 49.1. The van der Waals surface area contributed by atoms with Crippen LogP contribution in [0.3, 0.4) is 0 Å². The topological polar surface area (TPSA) is 152 Å². The summed E-state index contributed by atoms with van der Waals surface area (Å²) in [6, 6.07) is 27.1. The van der Waals surface area contributed by atoms with E-state index in [4.69, 9.17) is 39.3 Å². The number of benzene rings is 3. The van der Waals surface area contributed by atoms with Crippen molar-refractivity contribution in [1.82, 2.24) is 19.2 Å². The number of hydrogen-bond donors (Lipinski definition) is 2. The Kier molecular flexibility index (Phi) is 14.7. The molecular weight excluding hydrogens is 787 g/mol. The molecular formula is C44H53N6O9P. The van der Waals surface area contributed by atoms with Gasteiger partial charge in [0.2, 0.25) is 12.5 Å². The van der Waals surface area contributed by atoms with Crippen LogP contribution in [-0.4, -0.2) is 96.6 Å². The first kappa shape index (κ1) is 44.4. The van der Waals surface area contributed by atoms with Gasteiger partial charge in [0, 0.05) is 32.2 Å². The highest BCUT2D eigenvalue weighted by molar-refractivity contribution is 7.44. The number of rotatable bonds is 19. The molecule has 3 aromatic carbocycles. The maximum absolute atomic E-state index is 13.2. The zero-order valence-electron chi connectivity index (χ0n) is 35.2. The number of carbonyl (C=O) groups excluding carboxylic acids is 1. The molecule has 1 amide bonds. The summed E-state index contributed by atoms with van der Waals surface area (Å²) in [7, 11) is 3.04. The lowest BCUT2D eigenvalue weighted by Gasteiger charge is -2.39. The number of fused-ring (bicyclic) bond motifs is 1. The number of amides is 1. The molecule has 0 saturated carbocycles. The standard InChI is InChI=1S/C44H53N6O9P/c1-28(2)50(29(3)4)60(57-24-23-45-6)59-40-37(58-43(41(40)55-9)49-27-46-39-36(49)25-38(47-30(5)51)48-42(39)52)26-56-44(31-13-11-10-12-14-31,32-15-19-34(53-7)20-16-32)33-17-21-35(54-8)22-18-33/h10-22,25,27-29,37,40-41,43H,23-24,26H2,1-5,7-9H3,(H2,47,48,51,52)/t37-,40?,41+,43-,60?/m1/s1. The van der Waals surface area contributed by atoms with E-state index in [9.17, 15) is 9.59 Å². The van der Waals surface area contributed by atoms with Crippen molar-refractivity contribution in [3.63, 3.8) is 0 Å². The first-order valence-corrected chi connectivity index (χ1v) is 20.8. The van der Waals surface area contributed by atoms with Gasteiger partial charge in [0.25, 0.3) is 14.1 Å². The summed E-state index contributed by atoms with van der Waals surface area (Å²) in [6.07, 6.45) is -1.77. The third kappa shape index (κ3) is 9.41. The molecule has 1 fully saturated rings. The van der Waals surface area contributed by atoms with Crippen molar-refractivity contribution < 1.29 is 37.5 Å². The number of methoxy groups -OCH3 is 3. The maximum Gasteiger partial charge on any atom is 0.277 e. The molecule has 0 radical (unpaired) electrons. The van der Waals surface area contributed by atoms with E-state index >= 15 is 0 Å². The molecule has 5 atom stereocenters. The molecule has 0 aliphatic carbocycles. The number of H-pyrrole nitrogens is 1. The van der Waals surface area contributed by atoms with E-state index in [1.165, 1.54) is 13.3 Å². The van der Waals surface area contributed by atoms with Gasteiger partial charge in [-0.1, -0.05) is 54.6 Å². The second-order valence-electron chi connectivity index (χ2n) is 14.7. The van der Waals surface area contributed by atoms with Gasteiger partial charge in [-0.15, -0.1) is 0 Å². The van der Waals surface area contributed by atoms with Crippen LogP contribution in [-0.2, 0) is 33.7 Å². The second kappa shape index (κ2) is 19.9. The second-order valence-corrected chi connectivity index (χ2v) is 16.2. The third-order valence-electron chi connectivity index (χ3n) is 10.2. The molecule has 5 aromatic rings. The van der Waals surface area contributed by atoms with Gasteiger partial charge < -0.3 is 52.4 Å². The normalized spacial score (nSPS) is 18.6. The Morgan fingerprint density at radius 1 is 0.950 bits per heavy atom. The number of nitrogens with one attached hydrogen (secondary N) is 2. The fourth-order valence-electron chi connectivity index (χ4n) is 7.62. The lowest BCUT2D eigenvalue weighted by Crippen LogP contribution is -2.42. The molecule has 0 bridgehead atoms.